The van der Waals surface area contributed by atoms with Crippen LogP contribution in [0.2, 0.25) is 11.1 Å². The van der Waals surface area contributed by atoms with Gasteiger partial charge in [-0.15, -0.1) is 5.54 Å². The Morgan fingerprint density at radius 1 is 1.30 bits per heavy atom. The minimum Gasteiger partial charge on any atom is -0.368 e. The molecule has 0 saturated heterocycles. The SMILES string of the molecule is CC(C)[Si]1(C(C)C)C#CC(=O)c2cccnc2NC1C. The number of hydrogen-bond donors (Lipinski definition) is 1. The molecule has 106 valence electrons. The monoisotopic (exact) mass is 286 g/mol. The van der Waals surface area contributed by atoms with Gasteiger partial charge in [-0.1, -0.05) is 27.7 Å². The molecule has 0 saturated carbocycles. The number of anilines is 1. The molecule has 1 aromatic heterocycles. The summed E-state index contributed by atoms with van der Waals surface area (Å²) >= 11 is 0. The van der Waals surface area contributed by atoms with Gasteiger partial charge in [0.25, 0.3) is 0 Å². The van der Waals surface area contributed by atoms with Gasteiger partial charge in [0.15, 0.2) is 8.07 Å². The average molecular weight is 286 g/mol. The summed E-state index contributed by atoms with van der Waals surface area (Å²) in [6.45, 7) is 11.1. The summed E-state index contributed by atoms with van der Waals surface area (Å²) in [5.41, 5.74) is 5.23. The Labute approximate surface area is 122 Å². The third-order valence-electron chi connectivity index (χ3n) is 4.43. The first-order chi connectivity index (χ1) is 9.39. The smallest absolute Gasteiger partial charge is 0.239 e. The number of aromatic nitrogens is 1. The molecule has 4 heteroatoms. The highest BCUT2D eigenvalue weighted by atomic mass is 28.3. The van der Waals surface area contributed by atoms with E-state index in [0.29, 0.717) is 22.5 Å². The maximum Gasteiger partial charge on any atom is 0.239 e. The second-order valence-corrected chi connectivity index (χ2v) is 11.4. The summed E-state index contributed by atoms with van der Waals surface area (Å²) in [6.07, 6.45) is 1.72. The zero-order valence-corrected chi connectivity index (χ0v) is 13.8. The quantitative estimate of drug-likeness (QED) is 0.669. The van der Waals surface area contributed by atoms with E-state index in [9.17, 15) is 4.79 Å². The van der Waals surface area contributed by atoms with E-state index in [1.54, 1.807) is 18.3 Å². The van der Waals surface area contributed by atoms with Gasteiger partial charge < -0.3 is 5.32 Å². The fourth-order valence-electron chi connectivity index (χ4n) is 3.32. The van der Waals surface area contributed by atoms with Crippen LogP contribution in [-0.4, -0.2) is 24.5 Å². The normalized spacial score (nSPS) is 20.6. The molecule has 0 aromatic carbocycles. The first-order valence-corrected chi connectivity index (χ1v) is 9.41. The van der Waals surface area contributed by atoms with Crippen LogP contribution < -0.4 is 5.32 Å². The van der Waals surface area contributed by atoms with E-state index < -0.39 is 8.07 Å². The highest BCUT2D eigenvalue weighted by molar-refractivity contribution is 6.91. The topological polar surface area (TPSA) is 42.0 Å². The molecule has 0 aliphatic carbocycles. The van der Waals surface area contributed by atoms with Gasteiger partial charge in [-0.25, -0.2) is 4.98 Å². The molecule has 1 atom stereocenters. The lowest BCUT2D eigenvalue weighted by molar-refractivity contribution is 0.105. The van der Waals surface area contributed by atoms with Gasteiger partial charge in [-0.2, -0.15) is 0 Å². The number of pyridine rings is 1. The highest BCUT2D eigenvalue weighted by Crippen LogP contribution is 2.36. The predicted octanol–water partition coefficient (Wildman–Crippen LogP) is 3.43. The summed E-state index contributed by atoms with van der Waals surface area (Å²) in [5, 5.41) is 3.47. The Balaban J connectivity index is 2.60. The molecule has 0 radical (unpaired) electrons. The Morgan fingerprint density at radius 2 is 1.95 bits per heavy atom. The number of fused-ring (bicyclic) bond motifs is 1. The van der Waals surface area contributed by atoms with E-state index in [1.165, 1.54) is 0 Å². The van der Waals surface area contributed by atoms with Gasteiger partial charge in [0.1, 0.15) is 5.82 Å². The summed E-state index contributed by atoms with van der Waals surface area (Å²) in [5.74, 6) is 3.48. The number of nitrogens with one attached hydrogen (secondary N) is 1. The third kappa shape index (κ3) is 2.27. The molecular weight excluding hydrogens is 264 g/mol. The minimum absolute atomic E-state index is 0.120. The van der Waals surface area contributed by atoms with Crippen molar-refractivity contribution in [3.05, 3.63) is 23.9 Å². The number of nitrogens with zero attached hydrogens (tertiary/aromatic N) is 1. The van der Waals surface area contributed by atoms with Crippen molar-refractivity contribution in [1.82, 2.24) is 4.98 Å². The molecule has 0 bridgehead atoms. The molecule has 0 fully saturated rings. The van der Waals surface area contributed by atoms with Crippen molar-refractivity contribution in [2.45, 2.75) is 51.4 Å². The molecular formula is C16H22N2OSi. The number of Topliss-reactive ketones (excluding diaryl/α,β-unsaturated/α-hetero) is 1. The second kappa shape index (κ2) is 5.41. The fraction of sp³-hybridized carbons (Fsp3) is 0.500. The largest absolute Gasteiger partial charge is 0.368 e. The average Bonchev–Trinajstić information content (AvgIpc) is 2.37. The van der Waals surface area contributed by atoms with Gasteiger partial charge in [-0.3, -0.25) is 4.79 Å². The number of hydrogen-bond acceptors (Lipinski definition) is 3. The van der Waals surface area contributed by atoms with Crippen LogP contribution in [-0.2, 0) is 0 Å². The molecule has 1 unspecified atom stereocenters. The van der Waals surface area contributed by atoms with Crippen molar-refractivity contribution in [1.29, 1.82) is 0 Å². The standard InChI is InChI=1S/C16H22N2OSi/c1-11(2)20(12(3)4)10-8-15(19)14-7-6-9-17-16(14)18-13(20)5/h6-7,9,11-13H,1-5H3,(H,17,18). The number of carbonyl (C=O) groups excluding carboxylic acids is 1. The first kappa shape index (κ1) is 14.8. The lowest BCUT2D eigenvalue weighted by Crippen LogP contribution is -2.55. The molecule has 1 aromatic rings. The van der Waals surface area contributed by atoms with Gasteiger partial charge in [0.2, 0.25) is 5.78 Å². The van der Waals surface area contributed by atoms with Crippen LogP contribution in [0.1, 0.15) is 45.0 Å². The fourth-order valence-corrected chi connectivity index (χ4v) is 8.16. The molecule has 3 nitrogen and oxygen atoms in total. The molecule has 0 spiro atoms. The van der Waals surface area contributed by atoms with E-state index in [1.807, 2.05) is 0 Å². The molecule has 2 heterocycles. The van der Waals surface area contributed by atoms with Gasteiger partial charge in [0.05, 0.1) is 5.56 Å². The minimum atomic E-state index is -1.97. The van der Waals surface area contributed by atoms with Gasteiger partial charge >= 0.3 is 0 Å². The van der Waals surface area contributed by atoms with Gasteiger partial charge in [-0.05, 0) is 36.1 Å². The molecule has 2 rings (SSSR count). The highest BCUT2D eigenvalue weighted by Gasteiger charge is 2.45. The van der Waals surface area contributed by atoms with Crippen LogP contribution >= 0.6 is 0 Å². The van der Waals surface area contributed by atoms with E-state index in [4.69, 9.17) is 0 Å². The lowest BCUT2D eigenvalue weighted by atomic mass is 10.2. The zero-order valence-electron chi connectivity index (χ0n) is 12.8. The van der Waals surface area contributed by atoms with E-state index in [0.717, 1.165) is 0 Å². The van der Waals surface area contributed by atoms with Crippen molar-refractivity contribution in [2.24, 2.45) is 0 Å². The second-order valence-electron chi connectivity index (χ2n) is 6.09. The van der Waals surface area contributed by atoms with E-state index >= 15 is 0 Å². The van der Waals surface area contributed by atoms with Crippen molar-refractivity contribution in [3.63, 3.8) is 0 Å². The third-order valence-corrected chi connectivity index (χ3v) is 10.4. The molecule has 0 amide bonds. The van der Waals surface area contributed by atoms with Crippen LogP contribution in [0.15, 0.2) is 18.3 Å². The molecule has 1 aliphatic rings. The van der Waals surface area contributed by atoms with E-state index in [2.05, 4.69) is 56.4 Å². The maximum absolute atomic E-state index is 12.3. The Hall–Kier alpha value is -1.60. The van der Waals surface area contributed by atoms with Crippen LogP contribution in [0.25, 0.3) is 0 Å². The van der Waals surface area contributed by atoms with Crippen molar-refractivity contribution >= 4 is 19.7 Å². The zero-order chi connectivity index (χ0) is 14.9. The maximum atomic E-state index is 12.3. The summed E-state index contributed by atoms with van der Waals surface area (Å²) in [7, 11) is -1.97. The lowest BCUT2D eigenvalue weighted by Gasteiger charge is -2.40. The first-order valence-electron chi connectivity index (χ1n) is 7.18. The van der Waals surface area contributed by atoms with Gasteiger partial charge in [0, 0.05) is 11.9 Å². The Morgan fingerprint density at radius 3 is 2.55 bits per heavy atom. The van der Waals surface area contributed by atoms with Crippen LogP contribution in [0.4, 0.5) is 5.82 Å². The van der Waals surface area contributed by atoms with Crippen molar-refractivity contribution in [2.75, 3.05) is 5.32 Å². The molecule has 1 aliphatic heterocycles. The molecule has 20 heavy (non-hydrogen) atoms. The van der Waals surface area contributed by atoms with Crippen LogP contribution in [0.3, 0.4) is 0 Å². The molecule has 1 N–H and O–H groups in total. The number of carbonyl (C=O) groups is 1. The predicted molar refractivity (Wildman–Crippen MR) is 85.4 cm³/mol. The summed E-state index contributed by atoms with van der Waals surface area (Å²) in [4.78, 5) is 16.6. The number of rotatable bonds is 2. The summed E-state index contributed by atoms with van der Waals surface area (Å²) < 4.78 is 0. The van der Waals surface area contributed by atoms with Crippen molar-refractivity contribution < 1.29 is 4.79 Å². The van der Waals surface area contributed by atoms with E-state index in [-0.39, 0.29) is 11.4 Å². The summed E-state index contributed by atoms with van der Waals surface area (Å²) in [6, 6.07) is 3.57. The van der Waals surface area contributed by atoms with Crippen molar-refractivity contribution in [3.8, 4) is 11.5 Å². The van der Waals surface area contributed by atoms with Crippen LogP contribution in [0, 0.1) is 11.5 Å². The Kier molecular flexibility index (Phi) is 4.00. The van der Waals surface area contributed by atoms with Crippen LogP contribution in [0.5, 0.6) is 0 Å². The number of ketones is 1. The Bertz CT molecular complexity index is 576.